The number of para-hydroxylation sites is 2. The number of ether oxygens (including phenoxy) is 3. The Hall–Kier alpha value is -3.53. The number of aliphatic carboxylic acids is 2. The Bertz CT molecular complexity index is 817. The highest BCUT2D eigenvalue weighted by atomic mass is 16.5. The van der Waals surface area contributed by atoms with Gasteiger partial charge in [-0.2, -0.15) is 4.98 Å². The van der Waals surface area contributed by atoms with Crippen molar-refractivity contribution >= 4 is 17.8 Å². The van der Waals surface area contributed by atoms with E-state index in [0.717, 1.165) is 43.5 Å². The summed E-state index contributed by atoms with van der Waals surface area (Å²) in [6.45, 7) is 8.69. The summed E-state index contributed by atoms with van der Waals surface area (Å²) >= 11 is 0. The number of anilines is 1. The zero-order valence-corrected chi connectivity index (χ0v) is 18.6. The van der Waals surface area contributed by atoms with Gasteiger partial charge in [-0.05, 0) is 32.0 Å². The van der Waals surface area contributed by atoms with E-state index < -0.39 is 11.9 Å². The first-order chi connectivity index (χ1) is 15.4. The van der Waals surface area contributed by atoms with Crippen LogP contribution >= 0.6 is 0 Å². The number of aromatic nitrogens is 1. The number of rotatable bonds is 12. The summed E-state index contributed by atoms with van der Waals surface area (Å²) in [5.41, 5.74) is 0. The minimum atomic E-state index is -1.82. The largest absolute Gasteiger partial charge is 0.493 e. The SMILES string of the molecule is CCN(CC)c1cccc(OCCNCCOc2ccccc2OC)n1.O=C(O)C(=O)O. The predicted molar refractivity (Wildman–Crippen MR) is 120 cm³/mol. The molecule has 0 atom stereocenters. The fraction of sp³-hybridized carbons (Fsp3) is 0.409. The maximum Gasteiger partial charge on any atom is 0.414 e. The topological polar surface area (TPSA) is 130 Å². The molecule has 0 aliphatic rings. The molecule has 0 bridgehead atoms. The van der Waals surface area contributed by atoms with Crippen LogP contribution in [-0.4, -0.2) is 73.6 Å². The third-order valence-electron chi connectivity index (χ3n) is 4.11. The summed E-state index contributed by atoms with van der Waals surface area (Å²) in [5, 5.41) is 18.1. The molecular formula is C22H31N3O7. The van der Waals surface area contributed by atoms with E-state index in [1.807, 2.05) is 42.5 Å². The van der Waals surface area contributed by atoms with Crippen LogP contribution in [0.3, 0.4) is 0 Å². The van der Waals surface area contributed by atoms with Crippen molar-refractivity contribution in [2.75, 3.05) is 51.4 Å². The average molecular weight is 450 g/mol. The second-order valence-electron chi connectivity index (χ2n) is 6.21. The number of nitrogens with one attached hydrogen (secondary N) is 1. The molecule has 0 aliphatic carbocycles. The molecule has 3 N–H and O–H groups in total. The van der Waals surface area contributed by atoms with E-state index >= 15 is 0 Å². The Morgan fingerprint density at radius 2 is 1.50 bits per heavy atom. The molecule has 2 aromatic rings. The summed E-state index contributed by atoms with van der Waals surface area (Å²) in [6.07, 6.45) is 0. The first kappa shape index (κ1) is 26.5. The van der Waals surface area contributed by atoms with Crippen molar-refractivity contribution in [1.82, 2.24) is 10.3 Å². The number of methoxy groups -OCH3 is 1. The van der Waals surface area contributed by atoms with E-state index in [0.29, 0.717) is 19.1 Å². The van der Waals surface area contributed by atoms with Crippen molar-refractivity contribution in [3.05, 3.63) is 42.5 Å². The number of benzene rings is 1. The molecule has 0 fully saturated rings. The quantitative estimate of drug-likeness (QED) is 0.327. The summed E-state index contributed by atoms with van der Waals surface area (Å²) in [7, 11) is 1.64. The highest BCUT2D eigenvalue weighted by molar-refractivity contribution is 6.27. The van der Waals surface area contributed by atoms with Gasteiger partial charge in [0.2, 0.25) is 5.88 Å². The molecule has 176 valence electrons. The van der Waals surface area contributed by atoms with Crippen molar-refractivity contribution in [3.8, 4) is 17.4 Å². The lowest BCUT2D eigenvalue weighted by Gasteiger charge is -2.20. The number of hydrogen-bond donors (Lipinski definition) is 3. The van der Waals surface area contributed by atoms with E-state index in [1.165, 1.54) is 0 Å². The van der Waals surface area contributed by atoms with Crippen LogP contribution in [0, 0.1) is 0 Å². The lowest BCUT2D eigenvalue weighted by molar-refractivity contribution is -0.159. The molecule has 0 saturated heterocycles. The summed E-state index contributed by atoms with van der Waals surface area (Å²) < 4.78 is 16.7. The molecular weight excluding hydrogens is 418 g/mol. The van der Waals surface area contributed by atoms with Gasteiger partial charge in [0.05, 0.1) is 7.11 Å². The lowest BCUT2D eigenvalue weighted by Crippen LogP contribution is -2.26. The zero-order valence-electron chi connectivity index (χ0n) is 18.6. The Kier molecular flexibility index (Phi) is 12.7. The zero-order chi connectivity index (χ0) is 23.8. The van der Waals surface area contributed by atoms with Crippen LogP contribution in [0.2, 0.25) is 0 Å². The minimum Gasteiger partial charge on any atom is -0.493 e. The third-order valence-corrected chi connectivity index (χ3v) is 4.11. The monoisotopic (exact) mass is 449 g/mol. The van der Waals surface area contributed by atoms with Gasteiger partial charge < -0.3 is 34.6 Å². The van der Waals surface area contributed by atoms with Crippen LogP contribution in [0.25, 0.3) is 0 Å². The molecule has 0 spiro atoms. The maximum absolute atomic E-state index is 9.10. The fourth-order valence-corrected chi connectivity index (χ4v) is 2.53. The van der Waals surface area contributed by atoms with E-state index in [2.05, 4.69) is 29.0 Å². The van der Waals surface area contributed by atoms with Crippen molar-refractivity contribution in [2.24, 2.45) is 0 Å². The molecule has 1 heterocycles. The highest BCUT2D eigenvalue weighted by Gasteiger charge is 2.05. The van der Waals surface area contributed by atoms with E-state index in [4.69, 9.17) is 34.0 Å². The Morgan fingerprint density at radius 3 is 2.06 bits per heavy atom. The standard InChI is InChI=1S/C20H29N3O3.C2H2O4/c1-4-23(5-2)19-11-8-12-20(22-19)26-16-14-21-13-15-25-18-10-7-6-9-17(18)24-3;3-1(4)2(5)6/h6-12,21H,4-5,13-16H2,1-3H3;(H,3,4)(H,5,6). The Balaban J connectivity index is 0.000000751. The number of nitrogens with zero attached hydrogens (tertiary/aromatic N) is 2. The van der Waals surface area contributed by atoms with E-state index in [1.54, 1.807) is 7.11 Å². The highest BCUT2D eigenvalue weighted by Crippen LogP contribution is 2.25. The number of carbonyl (C=O) groups is 2. The molecule has 10 heteroatoms. The smallest absolute Gasteiger partial charge is 0.414 e. The van der Waals surface area contributed by atoms with Gasteiger partial charge in [-0.1, -0.05) is 18.2 Å². The maximum atomic E-state index is 9.10. The van der Waals surface area contributed by atoms with E-state index in [-0.39, 0.29) is 0 Å². The van der Waals surface area contributed by atoms with Crippen LogP contribution in [0.4, 0.5) is 5.82 Å². The summed E-state index contributed by atoms with van der Waals surface area (Å²) in [4.78, 5) is 24.9. The Morgan fingerprint density at radius 1 is 0.906 bits per heavy atom. The van der Waals surface area contributed by atoms with Crippen molar-refractivity contribution in [1.29, 1.82) is 0 Å². The molecule has 0 amide bonds. The normalized spacial score (nSPS) is 9.84. The molecule has 0 radical (unpaired) electrons. The molecule has 1 aromatic heterocycles. The number of carboxylic acid groups (broad SMARTS) is 2. The van der Waals surface area contributed by atoms with Gasteiger partial charge in [0.15, 0.2) is 11.5 Å². The minimum absolute atomic E-state index is 0.559. The lowest BCUT2D eigenvalue weighted by atomic mass is 10.3. The molecule has 0 saturated carbocycles. The van der Waals surface area contributed by atoms with Crippen molar-refractivity contribution < 1.29 is 34.0 Å². The predicted octanol–water partition coefficient (Wildman–Crippen LogP) is 2.14. The first-order valence-corrected chi connectivity index (χ1v) is 10.2. The fourth-order valence-electron chi connectivity index (χ4n) is 2.53. The molecule has 10 nitrogen and oxygen atoms in total. The average Bonchev–Trinajstić information content (AvgIpc) is 2.80. The second-order valence-corrected chi connectivity index (χ2v) is 6.21. The third kappa shape index (κ3) is 9.98. The van der Waals surface area contributed by atoms with Gasteiger partial charge in [0.1, 0.15) is 19.0 Å². The van der Waals surface area contributed by atoms with Gasteiger partial charge in [0, 0.05) is 32.2 Å². The molecule has 0 aliphatic heterocycles. The summed E-state index contributed by atoms with van der Waals surface area (Å²) in [6, 6.07) is 13.5. The van der Waals surface area contributed by atoms with Crippen molar-refractivity contribution in [2.45, 2.75) is 13.8 Å². The van der Waals surface area contributed by atoms with Gasteiger partial charge in [-0.15, -0.1) is 0 Å². The Labute approximate surface area is 187 Å². The molecule has 32 heavy (non-hydrogen) atoms. The molecule has 0 unspecified atom stereocenters. The van der Waals surface area contributed by atoms with Crippen LogP contribution in [-0.2, 0) is 9.59 Å². The molecule has 1 aromatic carbocycles. The first-order valence-electron chi connectivity index (χ1n) is 10.2. The van der Waals surface area contributed by atoms with Crippen LogP contribution < -0.4 is 24.4 Å². The van der Waals surface area contributed by atoms with Crippen LogP contribution in [0.1, 0.15) is 13.8 Å². The number of carboxylic acids is 2. The second kappa shape index (κ2) is 15.3. The van der Waals surface area contributed by atoms with Crippen molar-refractivity contribution in [3.63, 3.8) is 0 Å². The van der Waals surface area contributed by atoms with Crippen LogP contribution in [0.5, 0.6) is 17.4 Å². The molecule has 2 rings (SSSR count). The van der Waals surface area contributed by atoms with Gasteiger partial charge in [0.25, 0.3) is 0 Å². The number of hydrogen-bond acceptors (Lipinski definition) is 8. The van der Waals surface area contributed by atoms with Gasteiger partial charge in [-0.25, -0.2) is 9.59 Å². The van der Waals surface area contributed by atoms with Gasteiger partial charge in [-0.3, -0.25) is 0 Å². The van der Waals surface area contributed by atoms with Gasteiger partial charge >= 0.3 is 11.9 Å². The summed E-state index contributed by atoms with van der Waals surface area (Å²) in [5.74, 6) is -0.544. The number of pyridine rings is 1. The van der Waals surface area contributed by atoms with E-state index in [9.17, 15) is 0 Å². The van der Waals surface area contributed by atoms with Crippen LogP contribution in [0.15, 0.2) is 42.5 Å².